The van der Waals surface area contributed by atoms with Gasteiger partial charge in [0.05, 0.1) is 11.2 Å². The van der Waals surface area contributed by atoms with Gasteiger partial charge in [0.1, 0.15) is 0 Å². The van der Waals surface area contributed by atoms with Gasteiger partial charge in [-0.25, -0.2) is 4.98 Å². The Morgan fingerprint density at radius 1 is 1.06 bits per heavy atom. The summed E-state index contributed by atoms with van der Waals surface area (Å²) in [7, 11) is 0. The minimum atomic E-state index is 1.00. The molecule has 78 valence electrons. The first-order valence-electron chi connectivity index (χ1n) is 5.07. The molecule has 1 aliphatic rings. The Morgan fingerprint density at radius 2 is 2.00 bits per heavy atom. The molecule has 0 atom stereocenters. The molecule has 16 heavy (non-hydrogen) atoms. The maximum atomic E-state index is 4.63. The van der Waals surface area contributed by atoms with E-state index in [4.69, 9.17) is 0 Å². The largest absolute Gasteiger partial charge is 0.332 e. The molecular weight excluding hydrogens is 216 g/mol. The lowest BCUT2D eigenvalue weighted by atomic mass is 10.1. The summed E-state index contributed by atoms with van der Waals surface area (Å²) >= 11 is 1.56. The Kier molecular flexibility index (Phi) is 2.38. The predicted octanol–water partition coefficient (Wildman–Crippen LogP) is 3.34. The molecule has 2 nitrogen and oxygen atoms in total. The van der Waals surface area contributed by atoms with Gasteiger partial charge in [-0.05, 0) is 35.6 Å². The number of allylic oxidation sites excluding steroid dienone is 2. The number of hydrogen-bond acceptors (Lipinski definition) is 3. The van der Waals surface area contributed by atoms with Gasteiger partial charge in [-0.15, -0.1) is 0 Å². The van der Waals surface area contributed by atoms with Crippen LogP contribution in [0.25, 0.3) is 16.5 Å². The summed E-state index contributed by atoms with van der Waals surface area (Å²) in [5.74, 6) is 0. The second kappa shape index (κ2) is 4.02. The maximum absolute atomic E-state index is 4.63. The van der Waals surface area contributed by atoms with Crippen LogP contribution in [0.15, 0.2) is 54.1 Å². The third-order valence-corrected chi connectivity index (χ3v) is 3.02. The predicted molar refractivity (Wildman–Crippen MR) is 69.6 cm³/mol. The lowest BCUT2D eigenvalue weighted by Crippen LogP contribution is -1.97. The van der Waals surface area contributed by atoms with Crippen LogP contribution in [0.4, 0.5) is 0 Å². The van der Waals surface area contributed by atoms with E-state index in [-0.39, 0.29) is 0 Å². The summed E-state index contributed by atoms with van der Waals surface area (Å²) in [4.78, 5) is 4.63. The van der Waals surface area contributed by atoms with E-state index in [1.54, 1.807) is 11.9 Å². The Balaban J connectivity index is 2.11. The van der Waals surface area contributed by atoms with E-state index in [1.165, 1.54) is 5.39 Å². The Labute approximate surface area is 98.2 Å². The first-order valence-corrected chi connectivity index (χ1v) is 5.95. The van der Waals surface area contributed by atoms with Gasteiger partial charge < -0.3 is 4.72 Å². The monoisotopic (exact) mass is 226 g/mol. The van der Waals surface area contributed by atoms with Crippen molar-refractivity contribution in [1.82, 2.24) is 9.71 Å². The first kappa shape index (κ1) is 9.48. The molecule has 0 amide bonds. The molecule has 2 heterocycles. The van der Waals surface area contributed by atoms with Crippen LogP contribution in [0.3, 0.4) is 0 Å². The quantitative estimate of drug-likeness (QED) is 0.755. The molecule has 0 saturated heterocycles. The van der Waals surface area contributed by atoms with E-state index in [0.717, 1.165) is 16.8 Å². The summed E-state index contributed by atoms with van der Waals surface area (Å²) in [5, 5.41) is 3.20. The number of nitrogens with zero attached hydrogens (tertiary/aromatic N) is 1. The number of para-hydroxylation sites is 1. The fourth-order valence-electron chi connectivity index (χ4n) is 1.68. The average molecular weight is 226 g/mol. The van der Waals surface area contributed by atoms with Crippen molar-refractivity contribution in [3.63, 3.8) is 0 Å². The van der Waals surface area contributed by atoms with Crippen molar-refractivity contribution in [1.29, 1.82) is 0 Å². The molecule has 0 unspecified atom stereocenters. The molecule has 0 radical (unpaired) electrons. The molecule has 1 aromatic carbocycles. The van der Waals surface area contributed by atoms with Crippen molar-refractivity contribution >= 4 is 28.4 Å². The van der Waals surface area contributed by atoms with Crippen molar-refractivity contribution < 1.29 is 0 Å². The molecule has 3 heteroatoms. The van der Waals surface area contributed by atoms with Crippen LogP contribution in [-0.2, 0) is 0 Å². The molecule has 0 spiro atoms. The maximum Gasteiger partial charge on any atom is 0.0724 e. The van der Waals surface area contributed by atoms with Gasteiger partial charge in [0, 0.05) is 17.2 Å². The number of rotatable bonds is 1. The zero-order valence-electron chi connectivity index (χ0n) is 8.55. The highest BCUT2D eigenvalue weighted by molar-refractivity contribution is 8.00. The highest BCUT2D eigenvalue weighted by Crippen LogP contribution is 2.21. The van der Waals surface area contributed by atoms with Crippen molar-refractivity contribution in [3.8, 4) is 0 Å². The summed E-state index contributed by atoms with van der Waals surface area (Å²) < 4.78 is 3.11. The van der Waals surface area contributed by atoms with Gasteiger partial charge in [-0.2, -0.15) is 0 Å². The zero-order valence-corrected chi connectivity index (χ0v) is 9.37. The molecule has 1 N–H and O–H groups in total. The molecule has 1 aliphatic heterocycles. The fourth-order valence-corrected chi connectivity index (χ4v) is 2.17. The number of nitrogens with one attached hydrogen (secondary N) is 1. The Hall–Kier alpha value is -1.74. The minimum Gasteiger partial charge on any atom is -0.332 e. The number of aromatic nitrogens is 1. The van der Waals surface area contributed by atoms with Crippen molar-refractivity contribution in [2.45, 2.75) is 0 Å². The molecule has 0 bridgehead atoms. The highest BCUT2D eigenvalue weighted by Gasteiger charge is 2.03. The molecule has 3 rings (SSSR count). The number of pyridine rings is 1. The van der Waals surface area contributed by atoms with Gasteiger partial charge in [0.25, 0.3) is 0 Å². The van der Waals surface area contributed by atoms with E-state index in [0.29, 0.717) is 0 Å². The van der Waals surface area contributed by atoms with E-state index in [1.807, 2.05) is 29.8 Å². The van der Waals surface area contributed by atoms with Gasteiger partial charge in [0.2, 0.25) is 0 Å². The first-order chi connectivity index (χ1) is 7.93. The van der Waals surface area contributed by atoms with Gasteiger partial charge in [-0.1, -0.05) is 24.3 Å². The van der Waals surface area contributed by atoms with Crippen LogP contribution in [0, 0.1) is 0 Å². The minimum absolute atomic E-state index is 1.00. The second-order valence-corrected chi connectivity index (χ2v) is 4.27. The van der Waals surface area contributed by atoms with E-state index >= 15 is 0 Å². The topological polar surface area (TPSA) is 24.9 Å². The smallest absolute Gasteiger partial charge is 0.0724 e. The standard InChI is InChI=1S/C13H10N2S/c1-2-4-12-10(3-1)5-6-13(15-12)11-7-8-16-14-9-11/h1-9,14H. The van der Waals surface area contributed by atoms with Crippen LogP contribution in [0.1, 0.15) is 5.69 Å². The molecule has 0 aliphatic carbocycles. The summed E-state index contributed by atoms with van der Waals surface area (Å²) in [6.07, 6.45) is 4.04. The van der Waals surface area contributed by atoms with E-state index < -0.39 is 0 Å². The van der Waals surface area contributed by atoms with Crippen LogP contribution in [-0.4, -0.2) is 4.98 Å². The van der Waals surface area contributed by atoms with Gasteiger partial charge in [0.15, 0.2) is 0 Å². The lowest BCUT2D eigenvalue weighted by molar-refractivity contribution is 1.32. The molecule has 1 aromatic heterocycles. The second-order valence-electron chi connectivity index (χ2n) is 3.53. The molecule has 0 fully saturated rings. The van der Waals surface area contributed by atoms with Crippen molar-refractivity contribution in [2.75, 3.05) is 0 Å². The average Bonchev–Trinajstić information content (AvgIpc) is 2.39. The van der Waals surface area contributed by atoms with Crippen LogP contribution in [0.5, 0.6) is 0 Å². The Bertz CT molecular complexity index is 587. The highest BCUT2D eigenvalue weighted by atomic mass is 32.2. The lowest BCUT2D eigenvalue weighted by Gasteiger charge is -2.07. The third kappa shape index (κ3) is 1.70. The number of hydrogen-bond donors (Lipinski definition) is 1. The summed E-state index contributed by atoms with van der Waals surface area (Å²) in [6.45, 7) is 0. The molecule has 2 aromatic rings. The number of fused-ring (bicyclic) bond motifs is 1. The van der Waals surface area contributed by atoms with Crippen LogP contribution in [0.2, 0.25) is 0 Å². The number of benzene rings is 1. The molecular formula is C13H10N2S. The molecule has 0 saturated carbocycles. The van der Waals surface area contributed by atoms with Crippen molar-refractivity contribution in [2.24, 2.45) is 0 Å². The fraction of sp³-hybridized carbons (Fsp3) is 0. The Morgan fingerprint density at radius 3 is 2.88 bits per heavy atom. The summed E-state index contributed by atoms with van der Waals surface area (Å²) in [5.41, 5.74) is 3.15. The third-order valence-electron chi connectivity index (χ3n) is 2.49. The zero-order chi connectivity index (χ0) is 10.8. The van der Waals surface area contributed by atoms with E-state index in [2.05, 4.69) is 34.0 Å². The SMILES string of the molecule is C1=CC(c2ccc3ccccc3n2)=CNS1. The van der Waals surface area contributed by atoms with E-state index in [9.17, 15) is 0 Å². The van der Waals surface area contributed by atoms with Crippen LogP contribution < -0.4 is 4.72 Å². The van der Waals surface area contributed by atoms with Crippen LogP contribution >= 0.6 is 11.9 Å². The van der Waals surface area contributed by atoms with Gasteiger partial charge in [-0.3, -0.25) is 0 Å². The normalized spacial score (nSPS) is 14.6. The van der Waals surface area contributed by atoms with Gasteiger partial charge >= 0.3 is 0 Å². The summed E-state index contributed by atoms with van der Waals surface area (Å²) in [6, 6.07) is 12.3. The van der Waals surface area contributed by atoms with Crippen molar-refractivity contribution in [3.05, 3.63) is 59.8 Å².